The largest absolute Gasteiger partial charge is 0.457 e. The van der Waals surface area contributed by atoms with Gasteiger partial charge in [0, 0.05) is 29.6 Å². The van der Waals surface area contributed by atoms with Gasteiger partial charge in [0.1, 0.15) is 11.5 Å². The van der Waals surface area contributed by atoms with E-state index in [1.165, 1.54) is 96.7 Å². The van der Waals surface area contributed by atoms with Crippen LogP contribution in [-0.2, 0) is 31.7 Å². The smallest absolute Gasteiger partial charge is 0.274 e. The highest BCUT2D eigenvalue weighted by Crippen LogP contribution is 2.37. The second-order valence-corrected chi connectivity index (χ2v) is 33.2. The van der Waals surface area contributed by atoms with Gasteiger partial charge < -0.3 is 4.74 Å². The van der Waals surface area contributed by atoms with Crippen LogP contribution in [-0.4, -0.2) is 9.36 Å². The number of hydrogen-bond donors (Lipinski definition) is 0. The Morgan fingerprint density at radius 1 is 0.411 bits per heavy atom. The summed E-state index contributed by atoms with van der Waals surface area (Å²) in [6.45, 7) is 42.7. The molecule has 1 aromatic heterocycles. The number of allylic oxidation sites excluding steroid dienone is 2. The van der Waals surface area contributed by atoms with Gasteiger partial charge in [0.05, 0.1) is 5.69 Å². The van der Waals surface area contributed by atoms with Crippen LogP contribution < -0.4 is 10.3 Å². The number of hydrogen-bond acceptors (Lipinski definition) is 2. The summed E-state index contributed by atoms with van der Waals surface area (Å²) in [6, 6.07) is 79.8. The van der Waals surface area contributed by atoms with Crippen LogP contribution in [0, 0.1) is 34.0 Å². The number of benzene rings is 8. The number of aromatic nitrogens is 2. The molecular formula is C91H122N2O2. The van der Waals surface area contributed by atoms with E-state index in [1.54, 1.807) is 10.3 Å². The Balaban J connectivity index is 0.000000208. The summed E-state index contributed by atoms with van der Waals surface area (Å²) in [7, 11) is 1.95. The molecule has 0 saturated carbocycles. The molecule has 4 heteroatoms. The number of rotatable bonds is 13. The van der Waals surface area contributed by atoms with Crippen molar-refractivity contribution in [2.24, 2.45) is 34.1 Å². The van der Waals surface area contributed by atoms with Crippen molar-refractivity contribution in [1.82, 2.24) is 9.36 Å². The van der Waals surface area contributed by atoms with Gasteiger partial charge in [-0.05, 0) is 180 Å². The fraction of sp³-hybridized carbons (Fsp3) is 0.418. The monoisotopic (exact) mass is 1270 g/mol. The molecule has 1 aliphatic carbocycles. The van der Waals surface area contributed by atoms with Crippen LogP contribution in [0.5, 0.6) is 11.5 Å². The van der Waals surface area contributed by atoms with Crippen molar-refractivity contribution in [3.05, 3.63) is 292 Å². The Bertz CT molecular complexity index is 3590. The van der Waals surface area contributed by atoms with Crippen LogP contribution >= 0.6 is 0 Å². The average molecular weight is 1280 g/mol. The summed E-state index contributed by atoms with van der Waals surface area (Å²) < 4.78 is 9.46. The topological polar surface area (TPSA) is 36.2 Å². The molecule has 0 bridgehead atoms. The van der Waals surface area contributed by atoms with Crippen LogP contribution in [0.15, 0.2) is 247 Å². The summed E-state index contributed by atoms with van der Waals surface area (Å²) in [5, 5.41) is 0. The molecule has 95 heavy (non-hydrogen) atoms. The third-order valence-electron chi connectivity index (χ3n) is 16.4. The minimum atomic E-state index is -0.0436. The highest BCUT2D eigenvalue weighted by Gasteiger charge is 2.26. The van der Waals surface area contributed by atoms with E-state index in [4.69, 9.17) is 4.74 Å². The predicted octanol–water partition coefficient (Wildman–Crippen LogP) is 26.0. The first-order chi connectivity index (χ1) is 44.6. The van der Waals surface area contributed by atoms with E-state index in [-0.39, 0.29) is 11.0 Å². The van der Waals surface area contributed by atoms with Crippen molar-refractivity contribution in [2.75, 3.05) is 0 Å². The molecule has 1 aliphatic rings. The van der Waals surface area contributed by atoms with Crippen LogP contribution in [0.4, 0.5) is 0 Å². The van der Waals surface area contributed by atoms with Crippen molar-refractivity contribution in [2.45, 2.75) is 214 Å². The summed E-state index contributed by atoms with van der Waals surface area (Å²) in [5.41, 5.74) is 16.2. The van der Waals surface area contributed by atoms with E-state index in [1.807, 2.05) is 91.4 Å². The molecule has 9 aromatic rings. The Morgan fingerprint density at radius 3 is 1.22 bits per heavy atom. The van der Waals surface area contributed by atoms with Crippen LogP contribution in [0.3, 0.4) is 0 Å². The van der Waals surface area contributed by atoms with Gasteiger partial charge in [-0.1, -0.05) is 330 Å². The number of aryl methyl sites for hydroxylation is 1. The first-order valence-electron chi connectivity index (χ1n) is 35.3. The Labute approximate surface area is 578 Å². The molecule has 0 aliphatic heterocycles. The number of nitrogens with zero attached hydrogens (tertiary/aromatic N) is 2. The first kappa shape index (κ1) is 78.0. The molecule has 0 amide bonds. The zero-order valence-electron chi connectivity index (χ0n) is 62.6. The molecule has 1 heterocycles. The van der Waals surface area contributed by atoms with Gasteiger partial charge in [0.2, 0.25) is 0 Å². The van der Waals surface area contributed by atoms with Crippen molar-refractivity contribution >= 4 is 0 Å². The van der Waals surface area contributed by atoms with Gasteiger partial charge in [-0.25, -0.2) is 4.68 Å². The zero-order chi connectivity index (χ0) is 69.9. The Morgan fingerprint density at radius 2 is 0.811 bits per heavy atom. The lowest BCUT2D eigenvalue weighted by atomic mass is 9.78. The van der Waals surface area contributed by atoms with Crippen molar-refractivity contribution in [3.8, 4) is 28.3 Å². The molecule has 4 nitrogen and oxygen atoms in total. The molecule has 0 atom stereocenters. The SMILES string of the molecule is CC(C)(C)CC(c1ccccc1)c1ccccc1.CC(C)(C)CCC1=CCCCC1.CC(C)(C)CCc1ccccc1.CC(C)(C)Cc1ccc(-c2ccccc2)cc1.CC(C)(C)Cc1ccc(Oc2ccccc2)cc1.Cc1c(C(C)(C)C)n(C)n(-c2ccccc2)c1=O. The summed E-state index contributed by atoms with van der Waals surface area (Å²) >= 11 is 0. The maximum atomic E-state index is 12.4. The van der Waals surface area contributed by atoms with Gasteiger partial charge in [0.15, 0.2) is 0 Å². The maximum absolute atomic E-state index is 12.4. The van der Waals surface area contributed by atoms with Crippen molar-refractivity contribution in [1.29, 1.82) is 0 Å². The van der Waals surface area contributed by atoms with Gasteiger partial charge in [-0.15, -0.1) is 0 Å². The predicted molar refractivity (Wildman–Crippen MR) is 414 cm³/mol. The zero-order valence-corrected chi connectivity index (χ0v) is 62.6. The maximum Gasteiger partial charge on any atom is 0.274 e. The second-order valence-electron chi connectivity index (χ2n) is 33.2. The molecule has 508 valence electrons. The summed E-state index contributed by atoms with van der Waals surface area (Å²) in [5.74, 6) is 2.26. The van der Waals surface area contributed by atoms with E-state index in [9.17, 15) is 4.79 Å². The lowest BCUT2D eigenvalue weighted by Gasteiger charge is -2.27. The lowest BCUT2D eigenvalue weighted by molar-refractivity contribution is 0.357. The van der Waals surface area contributed by atoms with Gasteiger partial charge in [-0.2, -0.15) is 0 Å². The molecule has 0 N–H and O–H groups in total. The molecule has 0 radical (unpaired) electrons. The number of ether oxygens (including phenoxy) is 1. The molecule has 8 aromatic carbocycles. The summed E-state index contributed by atoms with van der Waals surface area (Å²) in [4.78, 5) is 12.4. The third kappa shape index (κ3) is 30.7. The minimum Gasteiger partial charge on any atom is -0.457 e. The van der Waals surface area contributed by atoms with Crippen LogP contribution in [0.1, 0.15) is 221 Å². The normalized spacial score (nSPS) is 12.5. The van der Waals surface area contributed by atoms with E-state index in [0.29, 0.717) is 33.0 Å². The van der Waals surface area contributed by atoms with Gasteiger partial charge in [-0.3, -0.25) is 9.48 Å². The Hall–Kier alpha value is -7.69. The van der Waals surface area contributed by atoms with Crippen LogP contribution in [0.25, 0.3) is 16.8 Å². The van der Waals surface area contributed by atoms with Gasteiger partial charge >= 0.3 is 0 Å². The van der Waals surface area contributed by atoms with E-state index in [2.05, 4.69) is 288 Å². The van der Waals surface area contributed by atoms with Crippen LogP contribution in [0.2, 0.25) is 0 Å². The fourth-order valence-electron chi connectivity index (χ4n) is 11.9. The molecule has 0 saturated heterocycles. The van der Waals surface area contributed by atoms with Gasteiger partial charge in [0.25, 0.3) is 5.56 Å². The quantitative estimate of drug-likeness (QED) is 0.108. The highest BCUT2D eigenvalue weighted by molar-refractivity contribution is 5.63. The standard InChI is InChI=1S/C18H22.C17H20O.C17H20.C15H20N2O.C12H22.C12H18/c1-18(2,3)14-17(15-10-6-4-7-11-15)16-12-8-5-9-13-16;1-17(2,3)13-14-9-11-16(12-10-14)18-15-7-5-4-6-8-15;1-17(2,3)13-14-9-11-16(12-10-14)15-7-5-4-6-8-15;1-11-13(15(2,3)4)16(5)17(14(11)18)12-9-7-6-8-10-12;2*1-12(2,3)10-9-11-7-5-4-6-8-11/h4-13,17H,14H2,1-3H3;4-12H,13H2,1-3H3;4-12H,13H2,1-3H3;6-10H,1-5H3;7H,4-6,8-10H2,1-3H3;4-8H,9-10H2,1-3H3. The third-order valence-corrected chi connectivity index (χ3v) is 16.4. The molecule has 0 unspecified atom stereocenters. The fourth-order valence-corrected chi connectivity index (χ4v) is 11.9. The molecule has 0 spiro atoms. The van der Waals surface area contributed by atoms with Crippen molar-refractivity contribution < 1.29 is 4.74 Å². The van der Waals surface area contributed by atoms with E-state index >= 15 is 0 Å². The molecule has 10 rings (SSSR count). The lowest BCUT2D eigenvalue weighted by Crippen LogP contribution is -2.22. The average Bonchev–Trinajstić information content (AvgIpc) is 1.62. The summed E-state index contributed by atoms with van der Waals surface area (Å²) in [6.07, 6.45) is 16.5. The highest BCUT2D eigenvalue weighted by atomic mass is 16.5. The van der Waals surface area contributed by atoms with E-state index in [0.717, 1.165) is 41.3 Å². The second kappa shape index (κ2) is 37.0. The van der Waals surface area contributed by atoms with Crippen molar-refractivity contribution in [3.63, 3.8) is 0 Å². The molecular weight excluding hydrogens is 1150 g/mol. The first-order valence-corrected chi connectivity index (χ1v) is 35.3. The Kier molecular flexibility index (Phi) is 30.4. The molecule has 0 fully saturated rings. The number of para-hydroxylation sites is 2. The minimum absolute atomic E-state index is 0.0436. The van der Waals surface area contributed by atoms with E-state index < -0.39 is 0 Å².